The molecule has 0 atom stereocenters. The van der Waals surface area contributed by atoms with Gasteiger partial charge in [0.05, 0.1) is 6.61 Å². The number of methoxy groups -OCH3 is 1. The van der Waals surface area contributed by atoms with Crippen LogP contribution in [0.25, 0.3) is 0 Å². The Morgan fingerprint density at radius 2 is 2.18 bits per heavy atom. The molecule has 1 saturated heterocycles. The summed E-state index contributed by atoms with van der Waals surface area (Å²) in [7, 11) is 1.66. The highest BCUT2D eigenvalue weighted by molar-refractivity contribution is 5.82. The summed E-state index contributed by atoms with van der Waals surface area (Å²) in [5.74, 6) is 0.232. The number of nitrogens with one attached hydrogen (secondary N) is 1. The van der Waals surface area contributed by atoms with Gasteiger partial charge in [-0.15, -0.1) is 6.58 Å². The molecule has 0 saturated carbocycles. The first-order valence-electron chi connectivity index (χ1n) is 6.24. The standard InChI is InChI=1S/C13H24N2O2/c1-4-9-15(10-11-17-3)12(16)13(2)5-7-14-8-6-13/h4,14H,1,5-11H2,2-3H3. The Morgan fingerprint density at radius 1 is 1.53 bits per heavy atom. The number of hydrogen-bond donors (Lipinski definition) is 1. The second kappa shape index (κ2) is 6.77. The van der Waals surface area contributed by atoms with Crippen LogP contribution in [0.3, 0.4) is 0 Å². The van der Waals surface area contributed by atoms with E-state index in [1.807, 2.05) is 4.90 Å². The number of carbonyl (C=O) groups is 1. The third kappa shape index (κ3) is 3.82. The van der Waals surface area contributed by atoms with Crippen molar-refractivity contribution in [2.75, 3.05) is 39.9 Å². The van der Waals surface area contributed by atoms with E-state index in [0.717, 1.165) is 25.9 Å². The van der Waals surface area contributed by atoms with Gasteiger partial charge >= 0.3 is 0 Å². The van der Waals surface area contributed by atoms with Gasteiger partial charge < -0.3 is 15.0 Å². The highest BCUT2D eigenvalue weighted by atomic mass is 16.5. The van der Waals surface area contributed by atoms with Gasteiger partial charge in [-0.1, -0.05) is 13.0 Å². The monoisotopic (exact) mass is 240 g/mol. The van der Waals surface area contributed by atoms with Gasteiger partial charge in [0.1, 0.15) is 0 Å². The summed E-state index contributed by atoms with van der Waals surface area (Å²) in [5.41, 5.74) is -0.220. The van der Waals surface area contributed by atoms with Crippen LogP contribution in [-0.4, -0.2) is 50.7 Å². The number of amides is 1. The van der Waals surface area contributed by atoms with Gasteiger partial charge in [0, 0.05) is 25.6 Å². The largest absolute Gasteiger partial charge is 0.383 e. The van der Waals surface area contributed by atoms with E-state index in [-0.39, 0.29) is 11.3 Å². The Kier molecular flexibility index (Phi) is 5.65. The molecule has 0 radical (unpaired) electrons. The van der Waals surface area contributed by atoms with E-state index < -0.39 is 0 Å². The Bertz CT molecular complexity index is 260. The van der Waals surface area contributed by atoms with Gasteiger partial charge in [-0.3, -0.25) is 4.79 Å². The smallest absolute Gasteiger partial charge is 0.228 e. The number of rotatable bonds is 6. The molecule has 0 aromatic carbocycles. The number of hydrogen-bond acceptors (Lipinski definition) is 3. The molecular weight excluding hydrogens is 216 g/mol. The molecule has 0 unspecified atom stereocenters. The molecule has 1 fully saturated rings. The van der Waals surface area contributed by atoms with E-state index in [1.54, 1.807) is 13.2 Å². The first-order chi connectivity index (χ1) is 8.14. The maximum atomic E-state index is 12.5. The van der Waals surface area contributed by atoms with Crippen LogP contribution in [0, 0.1) is 5.41 Å². The molecule has 0 spiro atoms. The van der Waals surface area contributed by atoms with E-state index >= 15 is 0 Å². The van der Waals surface area contributed by atoms with E-state index in [1.165, 1.54) is 0 Å². The third-order valence-electron chi connectivity index (χ3n) is 3.43. The number of ether oxygens (including phenoxy) is 1. The van der Waals surface area contributed by atoms with Crippen LogP contribution in [0.1, 0.15) is 19.8 Å². The fourth-order valence-electron chi connectivity index (χ4n) is 2.21. The van der Waals surface area contributed by atoms with Gasteiger partial charge in [0.2, 0.25) is 5.91 Å². The minimum absolute atomic E-state index is 0.220. The van der Waals surface area contributed by atoms with Crippen LogP contribution >= 0.6 is 0 Å². The van der Waals surface area contributed by atoms with Crippen molar-refractivity contribution in [2.45, 2.75) is 19.8 Å². The molecule has 1 aliphatic heterocycles. The molecule has 1 aliphatic rings. The SMILES string of the molecule is C=CCN(CCOC)C(=O)C1(C)CCNCC1. The summed E-state index contributed by atoms with van der Waals surface area (Å²) in [4.78, 5) is 14.4. The van der Waals surface area contributed by atoms with Crippen LogP contribution in [0.4, 0.5) is 0 Å². The summed E-state index contributed by atoms with van der Waals surface area (Å²) < 4.78 is 5.05. The zero-order valence-electron chi connectivity index (χ0n) is 11.0. The Labute approximate surface area is 104 Å². The van der Waals surface area contributed by atoms with E-state index in [9.17, 15) is 4.79 Å². The van der Waals surface area contributed by atoms with E-state index in [2.05, 4.69) is 18.8 Å². The minimum atomic E-state index is -0.220. The molecule has 0 aliphatic carbocycles. The van der Waals surface area contributed by atoms with Gasteiger partial charge in [-0.25, -0.2) is 0 Å². The van der Waals surface area contributed by atoms with Crippen molar-refractivity contribution >= 4 is 5.91 Å². The van der Waals surface area contributed by atoms with E-state index in [4.69, 9.17) is 4.74 Å². The summed E-state index contributed by atoms with van der Waals surface area (Å²) in [6, 6.07) is 0. The Balaban J connectivity index is 2.64. The van der Waals surface area contributed by atoms with Crippen LogP contribution in [0.2, 0.25) is 0 Å². The average Bonchev–Trinajstić information content (AvgIpc) is 2.34. The second-order valence-electron chi connectivity index (χ2n) is 4.84. The fraction of sp³-hybridized carbons (Fsp3) is 0.769. The zero-order chi connectivity index (χ0) is 12.7. The predicted molar refractivity (Wildman–Crippen MR) is 68.9 cm³/mol. The van der Waals surface area contributed by atoms with Crippen molar-refractivity contribution in [3.8, 4) is 0 Å². The van der Waals surface area contributed by atoms with Crippen molar-refractivity contribution in [2.24, 2.45) is 5.41 Å². The quantitative estimate of drug-likeness (QED) is 0.705. The van der Waals surface area contributed by atoms with Crippen LogP contribution < -0.4 is 5.32 Å². The number of nitrogens with zero attached hydrogens (tertiary/aromatic N) is 1. The summed E-state index contributed by atoms with van der Waals surface area (Å²) >= 11 is 0. The maximum absolute atomic E-state index is 12.5. The van der Waals surface area contributed by atoms with Crippen molar-refractivity contribution in [1.29, 1.82) is 0 Å². The normalized spacial score (nSPS) is 18.7. The van der Waals surface area contributed by atoms with Crippen molar-refractivity contribution in [1.82, 2.24) is 10.2 Å². The van der Waals surface area contributed by atoms with Gasteiger partial charge in [0.25, 0.3) is 0 Å². The average molecular weight is 240 g/mol. The summed E-state index contributed by atoms with van der Waals surface area (Å²) in [6.07, 6.45) is 3.59. The molecule has 1 amide bonds. The molecule has 0 aromatic heterocycles. The van der Waals surface area contributed by atoms with Gasteiger partial charge in [0.15, 0.2) is 0 Å². The fourth-order valence-corrected chi connectivity index (χ4v) is 2.21. The summed E-state index contributed by atoms with van der Waals surface area (Å²) in [5, 5.41) is 3.29. The highest BCUT2D eigenvalue weighted by Crippen LogP contribution is 2.30. The molecule has 4 heteroatoms. The lowest BCUT2D eigenvalue weighted by Gasteiger charge is -2.37. The zero-order valence-corrected chi connectivity index (χ0v) is 11.0. The highest BCUT2D eigenvalue weighted by Gasteiger charge is 2.37. The first-order valence-corrected chi connectivity index (χ1v) is 6.24. The Morgan fingerprint density at radius 3 is 2.71 bits per heavy atom. The summed E-state index contributed by atoms with van der Waals surface area (Å²) in [6.45, 7) is 9.45. The lowest BCUT2D eigenvalue weighted by atomic mass is 9.79. The van der Waals surface area contributed by atoms with Gasteiger partial charge in [-0.05, 0) is 25.9 Å². The minimum Gasteiger partial charge on any atom is -0.383 e. The van der Waals surface area contributed by atoms with Crippen LogP contribution in [-0.2, 0) is 9.53 Å². The third-order valence-corrected chi connectivity index (χ3v) is 3.43. The first kappa shape index (κ1) is 14.2. The van der Waals surface area contributed by atoms with Crippen molar-refractivity contribution in [3.05, 3.63) is 12.7 Å². The Hall–Kier alpha value is -0.870. The van der Waals surface area contributed by atoms with E-state index in [0.29, 0.717) is 19.7 Å². The second-order valence-corrected chi connectivity index (χ2v) is 4.84. The lowest BCUT2D eigenvalue weighted by Crippen LogP contribution is -2.48. The molecular formula is C13H24N2O2. The number of piperidine rings is 1. The van der Waals surface area contributed by atoms with Crippen molar-refractivity contribution in [3.63, 3.8) is 0 Å². The molecule has 4 nitrogen and oxygen atoms in total. The lowest BCUT2D eigenvalue weighted by molar-refractivity contribution is -0.142. The number of carbonyl (C=O) groups excluding carboxylic acids is 1. The van der Waals surface area contributed by atoms with Crippen LogP contribution in [0.15, 0.2) is 12.7 Å². The molecule has 98 valence electrons. The molecule has 1 N–H and O–H groups in total. The molecule has 1 rings (SSSR count). The predicted octanol–water partition coefficient (Wildman–Crippen LogP) is 1.04. The topological polar surface area (TPSA) is 41.6 Å². The van der Waals surface area contributed by atoms with Gasteiger partial charge in [-0.2, -0.15) is 0 Å². The maximum Gasteiger partial charge on any atom is 0.228 e. The molecule has 1 heterocycles. The van der Waals surface area contributed by atoms with Crippen LogP contribution in [0.5, 0.6) is 0 Å². The molecule has 17 heavy (non-hydrogen) atoms. The molecule has 0 bridgehead atoms. The molecule has 0 aromatic rings. The van der Waals surface area contributed by atoms with Crippen molar-refractivity contribution < 1.29 is 9.53 Å².